The topological polar surface area (TPSA) is 127 Å². The van der Waals surface area contributed by atoms with Crippen LogP contribution in [0, 0.1) is 11.3 Å². The molecule has 3 aromatic rings. The van der Waals surface area contributed by atoms with Gasteiger partial charge in [-0.3, -0.25) is 4.79 Å². The summed E-state index contributed by atoms with van der Waals surface area (Å²) in [6.07, 6.45) is -0.379. The number of methoxy groups -OCH3 is 1. The van der Waals surface area contributed by atoms with E-state index in [4.69, 9.17) is 14.6 Å². The molecule has 1 amide bonds. The zero-order valence-corrected chi connectivity index (χ0v) is 24.5. The summed E-state index contributed by atoms with van der Waals surface area (Å²) in [6, 6.07) is 15.2. The number of benzene rings is 2. The van der Waals surface area contributed by atoms with Crippen molar-refractivity contribution in [1.82, 2.24) is 19.8 Å². The zero-order valence-electron chi connectivity index (χ0n) is 24.5. The number of piperazine rings is 1. The Morgan fingerprint density at radius 3 is 2.72 bits per heavy atom. The van der Waals surface area contributed by atoms with Crippen LogP contribution in [0.1, 0.15) is 18.9 Å². The minimum absolute atomic E-state index is 0.165. The second-order valence-electron chi connectivity index (χ2n) is 10.9. The van der Waals surface area contributed by atoms with Gasteiger partial charge >= 0.3 is 0 Å². The fourth-order valence-electron chi connectivity index (χ4n) is 5.57. The number of anilines is 3. The number of aliphatic hydroxyl groups excluding tert-OH is 1. The van der Waals surface area contributed by atoms with Crippen LogP contribution in [-0.2, 0) is 4.79 Å². The number of hydrogen-bond acceptors (Lipinski definition) is 10. The van der Waals surface area contributed by atoms with E-state index in [1.807, 2.05) is 12.1 Å². The Balaban J connectivity index is 1.29. The summed E-state index contributed by atoms with van der Waals surface area (Å²) < 4.78 is 26.4. The van der Waals surface area contributed by atoms with Gasteiger partial charge in [-0.2, -0.15) is 5.26 Å². The van der Waals surface area contributed by atoms with Gasteiger partial charge < -0.3 is 34.6 Å². The van der Waals surface area contributed by atoms with E-state index in [1.54, 1.807) is 37.6 Å². The lowest BCUT2D eigenvalue weighted by molar-refractivity contribution is -0.138. The highest BCUT2D eigenvalue weighted by Crippen LogP contribution is 2.35. The molecule has 0 unspecified atom stereocenters. The fraction of sp³-hybridized carbons (Fsp3) is 0.419. The summed E-state index contributed by atoms with van der Waals surface area (Å²) in [7, 11) is 3.80. The highest BCUT2D eigenvalue weighted by Gasteiger charge is 2.33. The highest BCUT2D eigenvalue weighted by atomic mass is 19.1. The van der Waals surface area contributed by atoms with E-state index in [-0.39, 0.29) is 30.8 Å². The molecule has 2 N–H and O–H groups in total. The first-order valence-corrected chi connectivity index (χ1v) is 14.3. The number of nitrogens with one attached hydrogen (secondary N) is 1. The molecule has 0 spiro atoms. The summed E-state index contributed by atoms with van der Waals surface area (Å²) in [5.74, 6) is 1.47. The normalized spacial score (nSPS) is 20.8. The Hall–Kier alpha value is -4.47. The number of aliphatic hydroxyl groups is 1. The van der Waals surface area contributed by atoms with Crippen LogP contribution < -0.4 is 19.7 Å². The molecule has 2 aliphatic heterocycles. The highest BCUT2D eigenvalue weighted by molar-refractivity contribution is 5.77. The van der Waals surface area contributed by atoms with Crippen molar-refractivity contribution in [3.05, 3.63) is 54.2 Å². The van der Waals surface area contributed by atoms with Crippen LogP contribution in [0.2, 0.25) is 0 Å². The largest absolute Gasteiger partial charge is 0.495 e. The molecule has 0 aliphatic carbocycles. The molecule has 2 aromatic carbocycles. The van der Waals surface area contributed by atoms with Crippen molar-refractivity contribution in [3.8, 4) is 29.0 Å². The summed E-state index contributed by atoms with van der Waals surface area (Å²) in [5, 5.41) is 22.2. The maximum Gasteiger partial charge on any atom is 0.248 e. The van der Waals surface area contributed by atoms with Crippen molar-refractivity contribution >= 4 is 23.1 Å². The van der Waals surface area contributed by atoms with Crippen molar-refractivity contribution in [1.29, 1.82) is 5.26 Å². The Labute approximate surface area is 250 Å². The molecule has 11 nitrogen and oxygen atoms in total. The quantitative estimate of drug-likeness (QED) is 0.404. The van der Waals surface area contributed by atoms with Crippen LogP contribution in [0.15, 0.2) is 48.7 Å². The molecular formula is C31H36FN7O4. The number of halogens is 1. The number of nitrogens with zero attached hydrogens (tertiary/aromatic N) is 6. The van der Waals surface area contributed by atoms with Gasteiger partial charge in [0.05, 0.1) is 24.9 Å². The predicted octanol–water partition coefficient (Wildman–Crippen LogP) is 3.22. The number of carbonyl (C=O) groups excluding carboxylic acids is 1. The lowest BCUT2D eigenvalue weighted by Gasteiger charge is -2.40. The maximum atomic E-state index is 14.8. The number of hydrogen-bond donors (Lipinski definition) is 2. The van der Waals surface area contributed by atoms with E-state index in [1.165, 1.54) is 4.90 Å². The molecular weight excluding hydrogens is 553 g/mol. The fourth-order valence-corrected chi connectivity index (χ4v) is 5.57. The number of amides is 1. The second-order valence-corrected chi connectivity index (χ2v) is 10.9. The number of likely N-dealkylation sites (tertiary alicyclic amines) is 1. The van der Waals surface area contributed by atoms with E-state index >= 15 is 0 Å². The average molecular weight is 590 g/mol. The molecule has 2 aliphatic rings. The van der Waals surface area contributed by atoms with E-state index < -0.39 is 24.8 Å². The molecule has 0 radical (unpaired) electrons. The van der Waals surface area contributed by atoms with Gasteiger partial charge in [-0.25, -0.2) is 14.4 Å². The number of aromatic nitrogens is 2. The molecule has 2 fully saturated rings. The summed E-state index contributed by atoms with van der Waals surface area (Å²) in [6.45, 7) is 4.54. The predicted molar refractivity (Wildman–Crippen MR) is 160 cm³/mol. The lowest BCUT2D eigenvalue weighted by Crippen LogP contribution is -2.50. The lowest BCUT2D eigenvalue weighted by atomic mass is 10.0. The van der Waals surface area contributed by atoms with Crippen LogP contribution in [0.5, 0.6) is 11.5 Å². The SMILES string of the molecule is COc1cc(Nc2ccnc(-c3ccc(O[C@H]4CCN(C(=O)CO)C[C@H]4F)c(C#N)c3)n2)ccc1N1CCN(C)C[C@@H]1C. The van der Waals surface area contributed by atoms with E-state index in [2.05, 4.69) is 51.2 Å². The molecule has 1 aromatic heterocycles. The molecule has 12 heteroatoms. The number of carbonyl (C=O) groups is 1. The Kier molecular flexibility index (Phi) is 9.23. The smallest absolute Gasteiger partial charge is 0.248 e. The number of piperidine rings is 1. The van der Waals surface area contributed by atoms with Gasteiger partial charge in [0, 0.05) is 62.2 Å². The molecule has 3 atom stereocenters. The van der Waals surface area contributed by atoms with Crippen LogP contribution >= 0.6 is 0 Å². The van der Waals surface area contributed by atoms with E-state index in [0.29, 0.717) is 23.2 Å². The van der Waals surface area contributed by atoms with Gasteiger partial charge in [0.25, 0.3) is 0 Å². The summed E-state index contributed by atoms with van der Waals surface area (Å²) >= 11 is 0. The minimum atomic E-state index is -1.45. The molecule has 226 valence electrons. The molecule has 0 saturated carbocycles. The van der Waals surface area contributed by atoms with Crippen molar-refractivity contribution in [2.75, 3.05) is 63.7 Å². The Morgan fingerprint density at radius 2 is 2.00 bits per heavy atom. The Bertz CT molecular complexity index is 1500. The van der Waals surface area contributed by atoms with Crippen LogP contribution in [0.4, 0.5) is 21.6 Å². The Morgan fingerprint density at radius 1 is 1.16 bits per heavy atom. The van der Waals surface area contributed by atoms with E-state index in [9.17, 15) is 14.4 Å². The van der Waals surface area contributed by atoms with Crippen LogP contribution in [0.3, 0.4) is 0 Å². The number of nitriles is 1. The number of rotatable bonds is 8. The van der Waals surface area contributed by atoms with Gasteiger partial charge in [-0.15, -0.1) is 0 Å². The third kappa shape index (κ3) is 6.79. The second kappa shape index (κ2) is 13.2. The average Bonchev–Trinajstić information content (AvgIpc) is 3.02. The first-order chi connectivity index (χ1) is 20.8. The van der Waals surface area contributed by atoms with Crippen molar-refractivity contribution in [2.45, 2.75) is 31.7 Å². The van der Waals surface area contributed by atoms with Gasteiger partial charge in [0.2, 0.25) is 5.91 Å². The molecule has 5 rings (SSSR count). The third-order valence-corrected chi connectivity index (χ3v) is 7.85. The first kappa shape index (κ1) is 30.0. The van der Waals surface area contributed by atoms with Gasteiger partial charge in [0.15, 0.2) is 12.0 Å². The zero-order chi connectivity index (χ0) is 30.5. The molecule has 0 bridgehead atoms. The van der Waals surface area contributed by atoms with Crippen molar-refractivity contribution < 1.29 is 23.8 Å². The van der Waals surface area contributed by atoms with E-state index in [0.717, 1.165) is 36.8 Å². The maximum absolute atomic E-state index is 14.8. The van der Waals surface area contributed by atoms with Gasteiger partial charge in [-0.05, 0) is 50.4 Å². The minimum Gasteiger partial charge on any atom is -0.495 e. The molecule has 43 heavy (non-hydrogen) atoms. The van der Waals surface area contributed by atoms with Crippen molar-refractivity contribution in [2.24, 2.45) is 0 Å². The number of ether oxygens (including phenoxy) is 2. The van der Waals surface area contributed by atoms with Crippen LogP contribution in [-0.4, -0.2) is 103 Å². The summed E-state index contributed by atoms with van der Waals surface area (Å²) in [4.78, 5) is 26.7. The van der Waals surface area contributed by atoms with Gasteiger partial charge in [0.1, 0.15) is 36.1 Å². The number of alkyl halides is 1. The van der Waals surface area contributed by atoms with Crippen LogP contribution in [0.25, 0.3) is 11.4 Å². The monoisotopic (exact) mass is 589 g/mol. The van der Waals surface area contributed by atoms with Gasteiger partial charge in [-0.1, -0.05) is 0 Å². The third-order valence-electron chi connectivity index (χ3n) is 7.85. The standard InChI is InChI=1S/C31H36FN7O4/c1-20-17-37(2)12-13-39(20)25-6-5-23(15-28(25)42-3)35-29-8-10-34-31(36-29)21-4-7-26(22(14-21)16-33)43-27-9-11-38(18-24(27)32)30(41)19-40/h4-8,10,14-15,20,24,27,40H,9,11-13,17-19H2,1-3H3,(H,34,35,36)/t20-,24+,27-/m0/s1. The number of likely N-dealkylation sites (N-methyl/N-ethyl adjacent to an activating group) is 1. The molecule has 3 heterocycles. The first-order valence-electron chi connectivity index (χ1n) is 14.3. The molecule has 2 saturated heterocycles. The van der Waals surface area contributed by atoms with Crippen molar-refractivity contribution in [3.63, 3.8) is 0 Å². The summed E-state index contributed by atoms with van der Waals surface area (Å²) in [5.41, 5.74) is 2.68.